The summed E-state index contributed by atoms with van der Waals surface area (Å²) in [5, 5.41) is 12.9. The van der Waals surface area contributed by atoms with E-state index in [9.17, 15) is 9.90 Å². The lowest BCUT2D eigenvalue weighted by molar-refractivity contribution is 0.102. The number of anilines is 4. The van der Waals surface area contributed by atoms with E-state index in [1.807, 2.05) is 23.1 Å². The molecule has 11 heteroatoms. The normalized spacial score (nSPS) is 20.8. The third-order valence-electron chi connectivity index (χ3n) is 6.99. The fourth-order valence-electron chi connectivity index (χ4n) is 5.03. The first-order chi connectivity index (χ1) is 17.6. The number of rotatable bonds is 5. The highest BCUT2D eigenvalue weighted by Crippen LogP contribution is 2.32. The maximum Gasteiger partial charge on any atom is 0.300 e. The summed E-state index contributed by atoms with van der Waals surface area (Å²) in [5.74, 6) is 1.08. The Bertz CT molecular complexity index is 1240. The number of amides is 1. The lowest BCUT2D eigenvalue weighted by Crippen LogP contribution is -2.36. The molecule has 1 atom stereocenters. The van der Waals surface area contributed by atoms with Crippen LogP contribution in [-0.4, -0.2) is 84.6 Å². The second-order valence-corrected chi connectivity index (χ2v) is 9.55. The van der Waals surface area contributed by atoms with Crippen molar-refractivity contribution < 1.29 is 19.1 Å². The maximum absolute atomic E-state index is 13.3. The van der Waals surface area contributed by atoms with Gasteiger partial charge in [0.1, 0.15) is 11.5 Å². The molecule has 0 unspecified atom stereocenters. The van der Waals surface area contributed by atoms with Gasteiger partial charge in [0.05, 0.1) is 25.0 Å². The summed E-state index contributed by atoms with van der Waals surface area (Å²) in [4.78, 5) is 33.6. The number of nitrogens with one attached hydrogen (secondary N) is 1. The van der Waals surface area contributed by atoms with Crippen molar-refractivity contribution in [1.82, 2.24) is 15.0 Å². The van der Waals surface area contributed by atoms with Crippen LogP contribution in [0.15, 0.2) is 28.7 Å². The number of hydrogen-bond acceptors (Lipinski definition) is 10. The summed E-state index contributed by atoms with van der Waals surface area (Å²) < 4.78 is 11.5. The third-order valence-corrected chi connectivity index (χ3v) is 6.99. The fourth-order valence-corrected chi connectivity index (χ4v) is 5.03. The van der Waals surface area contributed by atoms with Gasteiger partial charge in [0.2, 0.25) is 5.65 Å². The Labute approximate surface area is 209 Å². The highest BCUT2D eigenvalue weighted by molar-refractivity contribution is 6.05. The van der Waals surface area contributed by atoms with Crippen molar-refractivity contribution in [3.63, 3.8) is 0 Å². The number of aliphatic hydroxyl groups is 1. The average Bonchev–Trinajstić information content (AvgIpc) is 3.55. The molecule has 190 valence electrons. The summed E-state index contributed by atoms with van der Waals surface area (Å²) in [6, 6.07) is 7.73. The topological polar surface area (TPSA) is 120 Å². The molecule has 3 saturated heterocycles. The molecule has 3 fully saturated rings. The van der Waals surface area contributed by atoms with Gasteiger partial charge in [-0.05, 0) is 37.8 Å². The number of pyridine rings is 2. The molecule has 0 aliphatic carbocycles. The molecule has 3 aliphatic heterocycles. The fraction of sp³-hybridized carbons (Fsp3) is 0.520. The smallest absolute Gasteiger partial charge is 0.300 e. The Morgan fingerprint density at radius 1 is 0.972 bits per heavy atom. The van der Waals surface area contributed by atoms with Crippen molar-refractivity contribution >= 4 is 40.5 Å². The van der Waals surface area contributed by atoms with E-state index >= 15 is 0 Å². The van der Waals surface area contributed by atoms with Crippen LogP contribution in [0.3, 0.4) is 0 Å². The molecule has 0 saturated carbocycles. The van der Waals surface area contributed by atoms with E-state index in [-0.39, 0.29) is 12.0 Å². The van der Waals surface area contributed by atoms with E-state index in [4.69, 9.17) is 14.1 Å². The number of oxazole rings is 1. The summed E-state index contributed by atoms with van der Waals surface area (Å²) >= 11 is 0. The molecule has 0 aromatic carbocycles. The second-order valence-electron chi connectivity index (χ2n) is 9.55. The molecule has 1 amide bonds. The predicted molar refractivity (Wildman–Crippen MR) is 136 cm³/mol. The number of carbonyl (C=O) groups is 1. The number of nitrogens with zero attached hydrogens (tertiary/aromatic N) is 6. The van der Waals surface area contributed by atoms with Crippen LogP contribution in [0.25, 0.3) is 11.2 Å². The van der Waals surface area contributed by atoms with Crippen molar-refractivity contribution in [2.45, 2.75) is 31.8 Å². The Morgan fingerprint density at radius 3 is 2.58 bits per heavy atom. The minimum absolute atomic E-state index is 0.310. The van der Waals surface area contributed by atoms with Crippen LogP contribution < -0.4 is 20.0 Å². The van der Waals surface area contributed by atoms with E-state index < -0.39 is 0 Å². The summed E-state index contributed by atoms with van der Waals surface area (Å²) in [5.41, 5.74) is 1.95. The zero-order valence-corrected chi connectivity index (χ0v) is 20.2. The van der Waals surface area contributed by atoms with Gasteiger partial charge in [0, 0.05) is 45.3 Å². The number of carbonyl (C=O) groups excluding carboxylic acids is 1. The summed E-state index contributed by atoms with van der Waals surface area (Å²) in [6.45, 7) is 5.69. The molecular weight excluding hydrogens is 462 g/mol. The SMILES string of the molecule is O=C(Nc1cc2oc(N3CCOCC3)nc2nc1N1CCCCC1)c1cccc(N2CC[C@H](O)C2)n1. The monoisotopic (exact) mass is 493 g/mol. The van der Waals surface area contributed by atoms with Crippen LogP contribution in [0.4, 0.5) is 23.3 Å². The minimum Gasteiger partial charge on any atom is -0.422 e. The van der Waals surface area contributed by atoms with Crippen LogP contribution in [0.5, 0.6) is 0 Å². The van der Waals surface area contributed by atoms with Crippen molar-refractivity contribution in [1.29, 1.82) is 0 Å². The third kappa shape index (κ3) is 4.68. The highest BCUT2D eigenvalue weighted by Gasteiger charge is 2.25. The van der Waals surface area contributed by atoms with Crippen LogP contribution in [-0.2, 0) is 4.74 Å². The summed E-state index contributed by atoms with van der Waals surface area (Å²) in [6.07, 6.45) is 3.69. The Kier molecular flexibility index (Phi) is 6.32. The first-order valence-electron chi connectivity index (χ1n) is 12.7. The number of fused-ring (bicyclic) bond motifs is 1. The van der Waals surface area contributed by atoms with Crippen LogP contribution in [0.2, 0.25) is 0 Å². The second kappa shape index (κ2) is 9.90. The van der Waals surface area contributed by atoms with Crippen molar-refractivity contribution in [3.05, 3.63) is 30.0 Å². The Morgan fingerprint density at radius 2 is 1.81 bits per heavy atom. The van der Waals surface area contributed by atoms with Crippen molar-refractivity contribution in [2.75, 3.05) is 72.5 Å². The van der Waals surface area contributed by atoms with Gasteiger partial charge in [-0.25, -0.2) is 9.97 Å². The van der Waals surface area contributed by atoms with Gasteiger partial charge in [-0.2, -0.15) is 4.98 Å². The van der Waals surface area contributed by atoms with Gasteiger partial charge in [0.15, 0.2) is 11.4 Å². The zero-order chi connectivity index (χ0) is 24.5. The number of hydrogen-bond donors (Lipinski definition) is 2. The van der Waals surface area contributed by atoms with Gasteiger partial charge in [-0.3, -0.25) is 4.79 Å². The molecule has 0 radical (unpaired) electrons. The number of aliphatic hydroxyl groups excluding tert-OH is 1. The maximum atomic E-state index is 13.3. The summed E-state index contributed by atoms with van der Waals surface area (Å²) in [7, 11) is 0. The average molecular weight is 494 g/mol. The minimum atomic E-state index is -0.363. The largest absolute Gasteiger partial charge is 0.422 e. The van der Waals surface area contributed by atoms with Crippen LogP contribution in [0.1, 0.15) is 36.2 Å². The molecule has 0 bridgehead atoms. The van der Waals surface area contributed by atoms with Gasteiger partial charge in [-0.1, -0.05) is 6.07 Å². The molecule has 0 spiro atoms. The first-order valence-corrected chi connectivity index (χ1v) is 12.7. The van der Waals surface area contributed by atoms with Crippen molar-refractivity contribution in [3.8, 4) is 0 Å². The van der Waals surface area contributed by atoms with E-state index in [1.54, 1.807) is 6.07 Å². The van der Waals surface area contributed by atoms with E-state index in [2.05, 4.69) is 25.1 Å². The number of morpholine rings is 1. The molecule has 11 nitrogen and oxygen atoms in total. The highest BCUT2D eigenvalue weighted by atomic mass is 16.5. The molecular formula is C25H31N7O4. The standard InChI is InChI=1S/C25H31N7O4/c33-17-7-10-32(16-17)21-6-4-5-18(26-21)24(34)27-19-15-20-22(28-23(19)30-8-2-1-3-9-30)29-25(36-20)31-11-13-35-14-12-31/h4-6,15,17,33H,1-3,7-14,16H2,(H,27,34)/t17-/m0/s1. The zero-order valence-electron chi connectivity index (χ0n) is 20.2. The number of piperidine rings is 1. The van der Waals surface area contributed by atoms with Crippen LogP contribution >= 0.6 is 0 Å². The van der Waals surface area contributed by atoms with Gasteiger partial charge in [-0.15, -0.1) is 0 Å². The lowest BCUT2D eigenvalue weighted by Gasteiger charge is -2.29. The Balaban J connectivity index is 1.30. The molecule has 2 N–H and O–H groups in total. The van der Waals surface area contributed by atoms with E-state index in [1.165, 1.54) is 6.42 Å². The molecule has 6 heterocycles. The quantitative estimate of drug-likeness (QED) is 0.548. The van der Waals surface area contributed by atoms with Gasteiger partial charge >= 0.3 is 0 Å². The van der Waals surface area contributed by atoms with Crippen LogP contribution in [0, 0.1) is 0 Å². The molecule has 36 heavy (non-hydrogen) atoms. The predicted octanol–water partition coefficient (Wildman–Crippen LogP) is 2.27. The number of aromatic nitrogens is 3. The van der Waals surface area contributed by atoms with E-state index in [0.29, 0.717) is 79.5 Å². The molecule has 6 rings (SSSR count). The molecule has 3 aromatic rings. The van der Waals surface area contributed by atoms with Gasteiger partial charge in [0.25, 0.3) is 11.9 Å². The molecule has 3 aliphatic rings. The number of ether oxygens (including phenoxy) is 1. The molecule has 3 aromatic heterocycles. The van der Waals surface area contributed by atoms with Gasteiger partial charge < -0.3 is 34.3 Å². The van der Waals surface area contributed by atoms with E-state index in [0.717, 1.165) is 32.5 Å². The number of β-amino-alcohol motifs (C(OH)–C–C–N with tert-alkyl or cyclic N) is 1. The lowest BCUT2D eigenvalue weighted by atomic mass is 10.1. The van der Waals surface area contributed by atoms with Crippen molar-refractivity contribution in [2.24, 2.45) is 0 Å². The first kappa shape index (κ1) is 23.0. The Hall–Kier alpha value is -3.44.